The molecule has 1 fully saturated rings. The fraction of sp³-hybridized carbons (Fsp3) is 0.409. The molecule has 0 saturated heterocycles. The minimum Gasteiger partial charge on any atom is -0.490 e. The molecule has 2 aromatic carbocycles. The number of hydrogen-bond donors (Lipinski definition) is 2. The number of nitrogens with one attached hydrogen (secondary N) is 2. The predicted octanol–water partition coefficient (Wildman–Crippen LogP) is 4.09. The molecule has 0 aliphatic heterocycles. The number of carbonyl (C=O) groups excluding carboxylic acids is 1. The van der Waals surface area contributed by atoms with E-state index in [2.05, 4.69) is 10.0 Å². The van der Waals surface area contributed by atoms with Crippen molar-refractivity contribution >= 4 is 21.6 Å². The zero-order valence-electron chi connectivity index (χ0n) is 16.7. The smallest absolute Gasteiger partial charge is 0.253 e. The van der Waals surface area contributed by atoms with Crippen LogP contribution in [0.5, 0.6) is 5.75 Å². The van der Waals surface area contributed by atoms with Gasteiger partial charge in [0.1, 0.15) is 5.75 Å². The zero-order valence-corrected chi connectivity index (χ0v) is 17.5. The molecule has 0 atom stereocenters. The molecular formula is C22H28N2O4S. The fourth-order valence-corrected chi connectivity index (χ4v) is 4.01. The molecule has 7 heteroatoms. The average molecular weight is 417 g/mol. The standard InChI is InChI=1S/C22H28N2O4S/c1-2-29(26,27)24-21-11-7-6-10-20(21)22(25)23-16-17-12-14-19(15-13-17)28-18-8-4-3-5-9-18/h6-7,10-15,18,24H,2-5,8-9,16H2,1H3,(H,23,25). The van der Waals surface area contributed by atoms with Crippen LogP contribution in [0.15, 0.2) is 48.5 Å². The molecule has 0 spiro atoms. The number of para-hydroxylation sites is 1. The first-order valence-corrected chi connectivity index (χ1v) is 11.8. The van der Waals surface area contributed by atoms with Crippen molar-refractivity contribution in [3.05, 3.63) is 59.7 Å². The normalized spacial score (nSPS) is 14.9. The summed E-state index contributed by atoms with van der Waals surface area (Å²) in [5, 5.41) is 2.85. The van der Waals surface area contributed by atoms with Crippen LogP contribution in [0, 0.1) is 0 Å². The van der Waals surface area contributed by atoms with Gasteiger partial charge in [0.15, 0.2) is 0 Å². The van der Waals surface area contributed by atoms with Gasteiger partial charge in [0.05, 0.1) is 23.1 Å². The Morgan fingerprint density at radius 1 is 1.03 bits per heavy atom. The van der Waals surface area contributed by atoms with E-state index in [1.165, 1.54) is 19.3 Å². The van der Waals surface area contributed by atoms with E-state index in [4.69, 9.17) is 4.74 Å². The number of carbonyl (C=O) groups is 1. The number of ether oxygens (including phenoxy) is 1. The van der Waals surface area contributed by atoms with Crippen LogP contribution in [0.1, 0.15) is 54.9 Å². The van der Waals surface area contributed by atoms with Crippen LogP contribution >= 0.6 is 0 Å². The molecule has 0 radical (unpaired) electrons. The van der Waals surface area contributed by atoms with Crippen LogP contribution in [0.2, 0.25) is 0 Å². The van der Waals surface area contributed by atoms with Crippen molar-refractivity contribution < 1.29 is 17.9 Å². The highest BCUT2D eigenvalue weighted by molar-refractivity contribution is 7.92. The SMILES string of the molecule is CCS(=O)(=O)Nc1ccccc1C(=O)NCc1ccc(OC2CCCCC2)cc1. The minimum atomic E-state index is -3.46. The Hall–Kier alpha value is -2.54. The maximum absolute atomic E-state index is 12.6. The lowest BCUT2D eigenvalue weighted by atomic mass is 9.98. The molecule has 2 aromatic rings. The second-order valence-corrected chi connectivity index (χ2v) is 9.27. The predicted molar refractivity (Wildman–Crippen MR) is 115 cm³/mol. The molecule has 0 aromatic heterocycles. The van der Waals surface area contributed by atoms with E-state index in [1.54, 1.807) is 31.2 Å². The van der Waals surface area contributed by atoms with E-state index in [1.807, 2.05) is 24.3 Å². The molecule has 2 N–H and O–H groups in total. The van der Waals surface area contributed by atoms with Gasteiger partial charge < -0.3 is 10.1 Å². The third kappa shape index (κ3) is 6.22. The van der Waals surface area contributed by atoms with E-state index in [0.29, 0.717) is 18.2 Å². The third-order valence-electron chi connectivity index (χ3n) is 5.05. The first-order chi connectivity index (χ1) is 14.0. The van der Waals surface area contributed by atoms with Crippen molar-refractivity contribution in [3.8, 4) is 5.75 Å². The number of sulfonamides is 1. The molecule has 0 unspecified atom stereocenters. The van der Waals surface area contributed by atoms with Gasteiger partial charge in [0.25, 0.3) is 5.91 Å². The lowest BCUT2D eigenvalue weighted by Gasteiger charge is -2.23. The number of amides is 1. The van der Waals surface area contributed by atoms with Gasteiger partial charge in [0, 0.05) is 6.54 Å². The summed E-state index contributed by atoms with van der Waals surface area (Å²) in [5.74, 6) is 0.464. The summed E-state index contributed by atoms with van der Waals surface area (Å²) in [4.78, 5) is 12.6. The lowest BCUT2D eigenvalue weighted by Crippen LogP contribution is -2.25. The Bertz CT molecular complexity index is 920. The lowest BCUT2D eigenvalue weighted by molar-refractivity contribution is 0.0952. The number of anilines is 1. The molecule has 1 amide bonds. The number of rotatable bonds is 8. The molecule has 0 bridgehead atoms. The minimum absolute atomic E-state index is 0.0573. The summed E-state index contributed by atoms with van der Waals surface area (Å²) >= 11 is 0. The highest BCUT2D eigenvalue weighted by atomic mass is 32.2. The second-order valence-electron chi connectivity index (χ2n) is 7.26. The maximum Gasteiger partial charge on any atom is 0.253 e. The largest absolute Gasteiger partial charge is 0.490 e. The summed E-state index contributed by atoms with van der Waals surface area (Å²) in [6.45, 7) is 1.89. The van der Waals surface area contributed by atoms with Crippen molar-refractivity contribution in [2.24, 2.45) is 0 Å². The molecule has 29 heavy (non-hydrogen) atoms. The van der Waals surface area contributed by atoms with Gasteiger partial charge in [0.2, 0.25) is 10.0 Å². The Morgan fingerprint density at radius 3 is 2.41 bits per heavy atom. The molecule has 1 aliphatic rings. The van der Waals surface area contributed by atoms with Gasteiger partial charge in [-0.1, -0.05) is 30.7 Å². The summed E-state index contributed by atoms with van der Waals surface area (Å²) in [6, 6.07) is 14.3. The number of hydrogen-bond acceptors (Lipinski definition) is 4. The first kappa shape index (κ1) is 21.2. The van der Waals surface area contributed by atoms with Crippen LogP contribution in [0.3, 0.4) is 0 Å². The van der Waals surface area contributed by atoms with Crippen molar-refractivity contribution in [2.45, 2.75) is 51.7 Å². The Kier molecular flexibility index (Phi) is 7.14. The van der Waals surface area contributed by atoms with E-state index in [0.717, 1.165) is 24.2 Å². The first-order valence-electron chi connectivity index (χ1n) is 10.1. The topological polar surface area (TPSA) is 84.5 Å². The van der Waals surface area contributed by atoms with E-state index >= 15 is 0 Å². The second kappa shape index (κ2) is 9.78. The van der Waals surface area contributed by atoms with Gasteiger partial charge >= 0.3 is 0 Å². The van der Waals surface area contributed by atoms with Crippen LogP contribution < -0.4 is 14.8 Å². The van der Waals surface area contributed by atoms with Gasteiger partial charge in [-0.3, -0.25) is 9.52 Å². The summed E-state index contributed by atoms with van der Waals surface area (Å²) in [5.41, 5.74) is 1.52. The van der Waals surface area contributed by atoms with Crippen LogP contribution in [0.25, 0.3) is 0 Å². The Balaban J connectivity index is 1.58. The molecule has 3 rings (SSSR count). The molecule has 156 valence electrons. The average Bonchev–Trinajstić information content (AvgIpc) is 2.74. The summed E-state index contributed by atoms with van der Waals surface area (Å²) < 4.78 is 32.2. The molecular weight excluding hydrogens is 388 g/mol. The monoisotopic (exact) mass is 416 g/mol. The van der Waals surface area contributed by atoms with E-state index in [-0.39, 0.29) is 17.3 Å². The van der Waals surface area contributed by atoms with E-state index in [9.17, 15) is 13.2 Å². The van der Waals surface area contributed by atoms with Crippen LogP contribution in [0.4, 0.5) is 5.69 Å². The van der Waals surface area contributed by atoms with Gasteiger partial charge in [-0.2, -0.15) is 0 Å². The van der Waals surface area contributed by atoms with E-state index < -0.39 is 10.0 Å². The maximum atomic E-state index is 12.6. The van der Waals surface area contributed by atoms with Crippen molar-refractivity contribution in [2.75, 3.05) is 10.5 Å². The summed E-state index contributed by atoms with van der Waals surface area (Å²) in [7, 11) is -3.46. The van der Waals surface area contributed by atoms with Gasteiger partial charge in [-0.15, -0.1) is 0 Å². The third-order valence-corrected chi connectivity index (χ3v) is 6.34. The highest BCUT2D eigenvalue weighted by Gasteiger charge is 2.16. The quantitative estimate of drug-likeness (QED) is 0.679. The highest BCUT2D eigenvalue weighted by Crippen LogP contribution is 2.23. The van der Waals surface area contributed by atoms with Crippen LogP contribution in [-0.2, 0) is 16.6 Å². The van der Waals surface area contributed by atoms with Gasteiger partial charge in [-0.25, -0.2) is 8.42 Å². The van der Waals surface area contributed by atoms with Crippen molar-refractivity contribution in [1.82, 2.24) is 5.32 Å². The molecule has 1 saturated carbocycles. The van der Waals surface area contributed by atoms with Crippen molar-refractivity contribution in [1.29, 1.82) is 0 Å². The summed E-state index contributed by atoms with van der Waals surface area (Å²) in [6.07, 6.45) is 6.27. The zero-order chi connectivity index (χ0) is 20.7. The number of benzene rings is 2. The Labute approximate surface area is 172 Å². The van der Waals surface area contributed by atoms with Crippen LogP contribution in [-0.4, -0.2) is 26.2 Å². The Morgan fingerprint density at radius 2 is 1.72 bits per heavy atom. The molecule has 6 nitrogen and oxygen atoms in total. The van der Waals surface area contributed by atoms with Crippen molar-refractivity contribution in [3.63, 3.8) is 0 Å². The van der Waals surface area contributed by atoms with Gasteiger partial charge in [-0.05, 0) is 62.4 Å². The fourth-order valence-electron chi connectivity index (χ4n) is 3.35. The molecule has 1 aliphatic carbocycles. The molecule has 0 heterocycles.